The van der Waals surface area contributed by atoms with Crippen molar-refractivity contribution >= 4 is 92.0 Å². The van der Waals surface area contributed by atoms with E-state index in [1.807, 2.05) is 41.7 Å². The molecule has 0 spiro atoms. The Kier molecular flexibility index (Phi) is 6.73. The second kappa shape index (κ2) is 11.9. The normalized spacial score (nSPS) is 11.8. The molecule has 0 amide bonds. The Hall–Kier alpha value is -6.75. The first-order valence-electron chi connectivity index (χ1n) is 17.9. The number of aromatic nitrogens is 1. The first-order valence-corrected chi connectivity index (χ1v) is 18.7. The summed E-state index contributed by atoms with van der Waals surface area (Å²) in [4.78, 5) is 7.40. The Balaban J connectivity index is 1.21. The molecule has 0 N–H and O–H groups in total. The maximum Gasteiger partial charge on any atom is 0.227 e. The molecule has 3 nitrogen and oxygen atoms in total. The number of fused-ring (bicyclic) bond motifs is 10. The highest BCUT2D eigenvalue weighted by Gasteiger charge is 2.22. The summed E-state index contributed by atoms with van der Waals surface area (Å²) in [5.74, 6) is 0.631. The number of rotatable bonds is 5. The zero-order valence-corrected chi connectivity index (χ0v) is 29.3. The lowest BCUT2D eigenvalue weighted by molar-refractivity contribution is 0.623. The molecule has 0 unspecified atom stereocenters. The van der Waals surface area contributed by atoms with Crippen LogP contribution in [0, 0.1) is 0 Å². The molecule has 0 saturated heterocycles. The highest BCUT2D eigenvalue weighted by molar-refractivity contribution is 7.25. The summed E-state index contributed by atoms with van der Waals surface area (Å²) in [5, 5.41) is 9.41. The zero-order chi connectivity index (χ0) is 34.9. The summed E-state index contributed by atoms with van der Waals surface area (Å²) in [7, 11) is 0. The second-order valence-electron chi connectivity index (χ2n) is 13.5. The van der Waals surface area contributed by atoms with Gasteiger partial charge in [0, 0.05) is 53.1 Å². The summed E-state index contributed by atoms with van der Waals surface area (Å²) >= 11 is 1.85. The molecule has 0 fully saturated rings. The van der Waals surface area contributed by atoms with E-state index in [1.54, 1.807) is 0 Å². The van der Waals surface area contributed by atoms with Crippen molar-refractivity contribution in [1.29, 1.82) is 0 Å². The SMILES string of the molecule is c1ccc(-c2nc3ccc4ccc5ccc6c(N(c7ccc8sc9ccccc9c8c7)c7ccccc7-c7ccccc7)cccc6c5c4c3o2)cc1. The molecule has 0 bridgehead atoms. The first-order chi connectivity index (χ1) is 26.3. The molecule has 11 rings (SSSR count). The number of nitrogens with zero attached hydrogens (tertiary/aromatic N) is 2. The Bertz CT molecular complexity index is 3180. The van der Waals surface area contributed by atoms with Gasteiger partial charge in [0.25, 0.3) is 0 Å². The third-order valence-corrected chi connectivity index (χ3v) is 11.6. The van der Waals surface area contributed by atoms with Gasteiger partial charge in [-0.25, -0.2) is 4.98 Å². The van der Waals surface area contributed by atoms with Crippen LogP contribution in [0.25, 0.3) is 86.2 Å². The van der Waals surface area contributed by atoms with Gasteiger partial charge in [-0.15, -0.1) is 11.3 Å². The number of hydrogen-bond acceptors (Lipinski definition) is 4. The van der Waals surface area contributed by atoms with E-state index in [-0.39, 0.29) is 0 Å². The molecule has 0 aliphatic carbocycles. The molecule has 2 aromatic heterocycles. The fourth-order valence-electron chi connectivity index (χ4n) is 8.05. The van der Waals surface area contributed by atoms with Gasteiger partial charge in [0.1, 0.15) is 5.52 Å². The predicted molar refractivity (Wildman–Crippen MR) is 225 cm³/mol. The Morgan fingerprint density at radius 3 is 1.98 bits per heavy atom. The lowest BCUT2D eigenvalue weighted by Gasteiger charge is -2.29. The van der Waals surface area contributed by atoms with E-state index in [1.165, 1.54) is 42.1 Å². The molecular weight excluding hydrogens is 665 g/mol. The maximum absolute atomic E-state index is 6.65. The minimum absolute atomic E-state index is 0.631. The fourth-order valence-corrected chi connectivity index (χ4v) is 9.14. The van der Waals surface area contributed by atoms with Crippen molar-refractivity contribution in [3.8, 4) is 22.6 Å². The summed E-state index contributed by atoms with van der Waals surface area (Å²) < 4.78 is 9.24. The van der Waals surface area contributed by atoms with Gasteiger partial charge in [-0.2, -0.15) is 0 Å². The second-order valence-corrected chi connectivity index (χ2v) is 14.6. The average Bonchev–Trinajstić information content (AvgIpc) is 3.84. The van der Waals surface area contributed by atoms with Crippen LogP contribution in [0.5, 0.6) is 0 Å². The van der Waals surface area contributed by atoms with Gasteiger partial charge in [-0.3, -0.25) is 0 Å². The van der Waals surface area contributed by atoms with Gasteiger partial charge in [0.2, 0.25) is 5.89 Å². The average molecular weight is 695 g/mol. The van der Waals surface area contributed by atoms with Crippen LogP contribution in [0.3, 0.4) is 0 Å². The smallest absolute Gasteiger partial charge is 0.227 e. The van der Waals surface area contributed by atoms with E-state index in [0.717, 1.165) is 55.3 Å². The lowest BCUT2D eigenvalue weighted by Crippen LogP contribution is -2.11. The van der Waals surface area contributed by atoms with Crippen LogP contribution in [0.1, 0.15) is 0 Å². The minimum atomic E-state index is 0.631. The molecule has 53 heavy (non-hydrogen) atoms. The highest BCUT2D eigenvalue weighted by atomic mass is 32.1. The largest absolute Gasteiger partial charge is 0.435 e. The molecule has 0 radical (unpaired) electrons. The molecule has 0 atom stereocenters. The van der Waals surface area contributed by atoms with Gasteiger partial charge in [-0.1, -0.05) is 127 Å². The number of benzene rings is 9. The topological polar surface area (TPSA) is 29.3 Å². The first kappa shape index (κ1) is 29.9. The van der Waals surface area contributed by atoms with Gasteiger partial charge >= 0.3 is 0 Å². The molecule has 0 aliphatic rings. The standard InChI is InChI=1S/C49H30N2OS/c1-3-12-31(13-4-1)36-16-7-9-19-42(36)51(35-26-29-45-40(30-35)38-17-8-10-21-44(38)53-45)43-20-11-18-39-37(43)27-24-32-22-23-33-25-28-41-48(47(33)46(32)39)52-49(50-41)34-14-5-2-6-15-34/h1-30H. The molecule has 9 aromatic carbocycles. The van der Waals surface area contributed by atoms with Crippen molar-refractivity contribution in [2.45, 2.75) is 0 Å². The molecule has 248 valence electrons. The van der Waals surface area contributed by atoms with E-state index in [4.69, 9.17) is 9.40 Å². The van der Waals surface area contributed by atoms with Gasteiger partial charge in [0.15, 0.2) is 5.58 Å². The Morgan fingerprint density at radius 2 is 1.11 bits per heavy atom. The van der Waals surface area contributed by atoms with E-state index < -0.39 is 0 Å². The summed E-state index contributed by atoms with van der Waals surface area (Å²) in [5.41, 5.74) is 8.31. The van der Waals surface area contributed by atoms with Gasteiger partial charge in [-0.05, 0) is 76.3 Å². The quantitative estimate of drug-likeness (QED) is 0.168. The fraction of sp³-hybridized carbons (Fsp3) is 0. The predicted octanol–water partition coefficient (Wildman–Crippen LogP) is 14.5. The van der Waals surface area contributed by atoms with Gasteiger partial charge in [0.05, 0.1) is 11.4 Å². The third-order valence-electron chi connectivity index (χ3n) is 10.5. The van der Waals surface area contributed by atoms with Crippen LogP contribution in [0.4, 0.5) is 17.1 Å². The van der Waals surface area contributed by atoms with E-state index >= 15 is 0 Å². The van der Waals surface area contributed by atoms with Gasteiger partial charge < -0.3 is 9.32 Å². The number of hydrogen-bond donors (Lipinski definition) is 0. The summed E-state index contributed by atoms with van der Waals surface area (Å²) in [6, 6.07) is 65.2. The van der Waals surface area contributed by atoms with E-state index in [0.29, 0.717) is 5.89 Å². The van der Waals surface area contributed by atoms with Crippen LogP contribution in [0.2, 0.25) is 0 Å². The van der Waals surface area contributed by atoms with Crippen molar-refractivity contribution in [1.82, 2.24) is 4.98 Å². The summed E-state index contributed by atoms with van der Waals surface area (Å²) in [6.45, 7) is 0. The highest BCUT2D eigenvalue weighted by Crippen LogP contribution is 2.47. The summed E-state index contributed by atoms with van der Waals surface area (Å²) in [6.07, 6.45) is 0. The van der Waals surface area contributed by atoms with Crippen LogP contribution in [0.15, 0.2) is 186 Å². The van der Waals surface area contributed by atoms with Crippen LogP contribution in [-0.4, -0.2) is 4.98 Å². The molecule has 11 aromatic rings. The number of anilines is 3. The van der Waals surface area contributed by atoms with Crippen LogP contribution >= 0.6 is 11.3 Å². The zero-order valence-electron chi connectivity index (χ0n) is 28.5. The van der Waals surface area contributed by atoms with Crippen LogP contribution in [-0.2, 0) is 0 Å². The van der Waals surface area contributed by atoms with Crippen molar-refractivity contribution < 1.29 is 4.42 Å². The van der Waals surface area contributed by atoms with Crippen molar-refractivity contribution in [2.24, 2.45) is 0 Å². The molecule has 0 saturated carbocycles. The number of thiophene rings is 1. The molecule has 4 heteroatoms. The minimum Gasteiger partial charge on any atom is -0.435 e. The Labute approximate surface area is 309 Å². The third kappa shape index (κ3) is 4.77. The lowest BCUT2D eigenvalue weighted by atomic mass is 9.94. The van der Waals surface area contributed by atoms with Crippen LogP contribution < -0.4 is 4.90 Å². The molecule has 0 aliphatic heterocycles. The number of para-hydroxylation sites is 1. The maximum atomic E-state index is 6.65. The molecular formula is C49H30N2OS. The van der Waals surface area contributed by atoms with E-state index in [9.17, 15) is 0 Å². The monoisotopic (exact) mass is 694 g/mol. The van der Waals surface area contributed by atoms with Crippen molar-refractivity contribution in [2.75, 3.05) is 4.90 Å². The number of oxazole rings is 1. The van der Waals surface area contributed by atoms with Crippen molar-refractivity contribution in [3.63, 3.8) is 0 Å². The Morgan fingerprint density at radius 1 is 0.453 bits per heavy atom. The molecule has 2 heterocycles. The van der Waals surface area contributed by atoms with Crippen molar-refractivity contribution in [3.05, 3.63) is 182 Å². The van der Waals surface area contributed by atoms with E-state index in [2.05, 4.69) is 157 Å².